The molecule has 0 aromatic carbocycles. The summed E-state index contributed by atoms with van der Waals surface area (Å²) in [5.41, 5.74) is 0. The number of piperazine rings is 1. The van der Waals surface area contributed by atoms with Crippen molar-refractivity contribution in [1.29, 1.82) is 0 Å². The molecule has 8 heteroatoms. The molecule has 30 heavy (non-hydrogen) atoms. The van der Waals surface area contributed by atoms with Crippen molar-refractivity contribution >= 4 is 23.2 Å². The van der Waals surface area contributed by atoms with Crippen LogP contribution in [0.25, 0.3) is 0 Å². The van der Waals surface area contributed by atoms with Crippen LogP contribution in [0.5, 0.6) is 0 Å². The van der Waals surface area contributed by atoms with E-state index in [0.29, 0.717) is 24.9 Å². The van der Waals surface area contributed by atoms with Gasteiger partial charge in [0.25, 0.3) is 0 Å². The minimum absolute atomic E-state index is 0.290. The van der Waals surface area contributed by atoms with Gasteiger partial charge in [-0.3, -0.25) is 9.69 Å². The van der Waals surface area contributed by atoms with Gasteiger partial charge in [-0.1, -0.05) is 20.8 Å². The van der Waals surface area contributed by atoms with Gasteiger partial charge in [-0.15, -0.1) is 11.3 Å². The Bertz CT molecular complexity index is 702. The van der Waals surface area contributed by atoms with Crippen LogP contribution in [0.4, 0.5) is 0 Å². The number of aliphatic imine (C=N–C) groups is 1. The summed E-state index contributed by atoms with van der Waals surface area (Å²) < 4.78 is 0. The smallest absolute Gasteiger partial charge is 0.236 e. The van der Waals surface area contributed by atoms with Crippen LogP contribution in [0.3, 0.4) is 0 Å². The number of hydrogen-bond acceptors (Lipinski definition) is 5. The molecule has 2 atom stereocenters. The lowest BCUT2D eigenvalue weighted by Crippen LogP contribution is -2.55. The Kier molecular flexibility index (Phi) is 8.50. The fourth-order valence-corrected chi connectivity index (χ4v) is 5.22. The lowest BCUT2D eigenvalue weighted by atomic mass is 9.92. The summed E-state index contributed by atoms with van der Waals surface area (Å²) in [5, 5.41) is 4.49. The number of likely N-dealkylation sites (tertiary alicyclic amines) is 1. The van der Waals surface area contributed by atoms with Gasteiger partial charge >= 0.3 is 0 Å². The monoisotopic (exact) mass is 434 g/mol. The number of nitrogens with one attached hydrogen (secondary N) is 1. The third-order valence-electron chi connectivity index (χ3n) is 5.90. The number of piperidine rings is 1. The predicted octanol–water partition coefficient (Wildman–Crippen LogP) is 2.29. The summed E-state index contributed by atoms with van der Waals surface area (Å²) in [6.45, 7) is 16.2. The maximum Gasteiger partial charge on any atom is 0.236 e. The van der Waals surface area contributed by atoms with E-state index >= 15 is 0 Å². The first-order valence-corrected chi connectivity index (χ1v) is 12.3. The van der Waals surface area contributed by atoms with Crippen LogP contribution in [-0.2, 0) is 17.8 Å². The molecule has 168 valence electrons. The summed E-state index contributed by atoms with van der Waals surface area (Å²) in [7, 11) is 0. The van der Waals surface area contributed by atoms with Gasteiger partial charge in [0.2, 0.25) is 5.91 Å². The predicted molar refractivity (Wildman–Crippen MR) is 124 cm³/mol. The van der Waals surface area contributed by atoms with Gasteiger partial charge in [-0.05, 0) is 31.6 Å². The van der Waals surface area contributed by atoms with E-state index < -0.39 is 0 Å². The second kappa shape index (κ2) is 11.1. The molecule has 0 saturated carbocycles. The van der Waals surface area contributed by atoms with E-state index in [-0.39, 0.29) is 5.91 Å². The number of carbonyl (C=O) groups is 1. The summed E-state index contributed by atoms with van der Waals surface area (Å²) in [6, 6.07) is 0. The Balaban J connectivity index is 1.49. The zero-order valence-corrected chi connectivity index (χ0v) is 19.9. The highest BCUT2D eigenvalue weighted by molar-refractivity contribution is 7.11. The van der Waals surface area contributed by atoms with Crippen LogP contribution in [0.15, 0.2) is 11.2 Å². The van der Waals surface area contributed by atoms with Crippen molar-refractivity contribution in [2.75, 3.05) is 52.4 Å². The number of guanidine groups is 1. The van der Waals surface area contributed by atoms with Crippen molar-refractivity contribution in [2.45, 2.75) is 47.1 Å². The van der Waals surface area contributed by atoms with Crippen molar-refractivity contribution < 1.29 is 4.79 Å². The standard InChI is InChI=1S/C22H38N6OS/c1-5-19-12-24-20(30-19)13-25-22(23-6-2)27-9-7-26(8-10-27)16-21(29)28-14-17(3)11-18(4)15-28/h12,17-18H,5-11,13-16H2,1-4H3,(H,23,25). The van der Waals surface area contributed by atoms with E-state index in [1.807, 2.05) is 6.20 Å². The minimum atomic E-state index is 0.290. The van der Waals surface area contributed by atoms with E-state index in [2.05, 4.69) is 52.7 Å². The molecule has 1 amide bonds. The molecule has 0 radical (unpaired) electrons. The minimum Gasteiger partial charge on any atom is -0.357 e. The molecular weight excluding hydrogens is 396 g/mol. The topological polar surface area (TPSA) is 64.1 Å². The van der Waals surface area contributed by atoms with Gasteiger partial charge in [0, 0.05) is 56.9 Å². The van der Waals surface area contributed by atoms with Crippen molar-refractivity contribution in [1.82, 2.24) is 25.0 Å². The van der Waals surface area contributed by atoms with Crippen molar-refractivity contribution in [3.63, 3.8) is 0 Å². The largest absolute Gasteiger partial charge is 0.357 e. The second-order valence-electron chi connectivity index (χ2n) is 8.75. The molecule has 1 aromatic heterocycles. The van der Waals surface area contributed by atoms with Gasteiger partial charge < -0.3 is 15.1 Å². The lowest BCUT2D eigenvalue weighted by Gasteiger charge is -2.39. The fourth-order valence-electron chi connectivity index (χ4n) is 4.43. The van der Waals surface area contributed by atoms with Crippen LogP contribution in [0, 0.1) is 11.8 Å². The molecule has 0 spiro atoms. The Hall–Kier alpha value is -1.67. The van der Waals surface area contributed by atoms with Crippen molar-refractivity contribution in [2.24, 2.45) is 16.8 Å². The molecule has 3 heterocycles. The molecule has 2 fully saturated rings. The summed E-state index contributed by atoms with van der Waals surface area (Å²) in [6.07, 6.45) is 4.22. The lowest BCUT2D eigenvalue weighted by molar-refractivity contribution is -0.135. The average Bonchev–Trinajstić information content (AvgIpc) is 3.19. The van der Waals surface area contributed by atoms with Crippen molar-refractivity contribution in [3.05, 3.63) is 16.1 Å². The Morgan fingerprint density at radius 3 is 2.47 bits per heavy atom. The molecule has 3 rings (SSSR count). The van der Waals surface area contributed by atoms with Crippen molar-refractivity contribution in [3.8, 4) is 0 Å². The quantitative estimate of drug-likeness (QED) is 0.550. The van der Waals surface area contributed by atoms with E-state index in [4.69, 9.17) is 4.99 Å². The first-order valence-electron chi connectivity index (χ1n) is 11.4. The van der Waals surface area contributed by atoms with Gasteiger partial charge in [-0.25, -0.2) is 9.98 Å². The van der Waals surface area contributed by atoms with E-state index in [0.717, 1.165) is 63.2 Å². The van der Waals surface area contributed by atoms with Crippen LogP contribution in [0.1, 0.15) is 44.0 Å². The normalized spacial score (nSPS) is 23.7. The highest BCUT2D eigenvalue weighted by atomic mass is 32.1. The molecule has 2 unspecified atom stereocenters. The molecule has 0 bridgehead atoms. The van der Waals surface area contributed by atoms with Crippen LogP contribution in [0.2, 0.25) is 0 Å². The number of rotatable bonds is 6. The summed E-state index contributed by atoms with van der Waals surface area (Å²) >= 11 is 1.75. The zero-order valence-electron chi connectivity index (χ0n) is 19.1. The number of thiazole rings is 1. The number of carbonyl (C=O) groups excluding carboxylic acids is 1. The summed E-state index contributed by atoms with van der Waals surface area (Å²) in [4.78, 5) is 30.1. The zero-order chi connectivity index (χ0) is 21.5. The first-order chi connectivity index (χ1) is 14.5. The highest BCUT2D eigenvalue weighted by Gasteiger charge is 2.28. The number of amides is 1. The number of nitrogens with zero attached hydrogens (tertiary/aromatic N) is 5. The second-order valence-corrected chi connectivity index (χ2v) is 9.95. The molecular formula is C22H38N6OS. The SMILES string of the molecule is CCNC(=NCc1ncc(CC)s1)N1CCN(CC(=O)N2CC(C)CC(C)C2)CC1. The van der Waals surface area contributed by atoms with Crippen LogP contribution < -0.4 is 5.32 Å². The number of aryl methyl sites for hydroxylation is 1. The Morgan fingerprint density at radius 2 is 1.87 bits per heavy atom. The van der Waals surface area contributed by atoms with Crippen LogP contribution >= 0.6 is 11.3 Å². The van der Waals surface area contributed by atoms with Crippen LogP contribution in [-0.4, -0.2) is 83.9 Å². The van der Waals surface area contributed by atoms with Gasteiger partial charge in [-0.2, -0.15) is 0 Å². The maximum atomic E-state index is 12.8. The molecule has 2 saturated heterocycles. The average molecular weight is 435 g/mol. The third-order valence-corrected chi connectivity index (χ3v) is 7.03. The van der Waals surface area contributed by atoms with E-state index in [1.165, 1.54) is 11.3 Å². The third kappa shape index (κ3) is 6.41. The van der Waals surface area contributed by atoms with E-state index in [9.17, 15) is 4.79 Å². The Labute approximate surface area is 185 Å². The molecule has 2 aliphatic rings. The van der Waals surface area contributed by atoms with E-state index in [1.54, 1.807) is 11.3 Å². The summed E-state index contributed by atoms with van der Waals surface area (Å²) in [5.74, 6) is 2.47. The molecule has 7 nitrogen and oxygen atoms in total. The molecule has 0 aliphatic carbocycles. The number of aromatic nitrogens is 1. The van der Waals surface area contributed by atoms with Gasteiger partial charge in [0.05, 0.1) is 13.1 Å². The molecule has 1 N–H and O–H groups in total. The van der Waals surface area contributed by atoms with Gasteiger partial charge in [0.15, 0.2) is 5.96 Å². The molecule has 2 aliphatic heterocycles. The highest BCUT2D eigenvalue weighted by Crippen LogP contribution is 2.21. The molecule has 1 aromatic rings. The first kappa shape index (κ1) is 23.0. The number of hydrogen-bond donors (Lipinski definition) is 1. The Morgan fingerprint density at radius 1 is 1.17 bits per heavy atom. The van der Waals surface area contributed by atoms with Gasteiger partial charge in [0.1, 0.15) is 5.01 Å². The maximum absolute atomic E-state index is 12.8. The fraction of sp³-hybridized carbons (Fsp3) is 0.773.